The van der Waals surface area contributed by atoms with Crippen molar-refractivity contribution in [3.05, 3.63) is 29.8 Å². The molecule has 1 aromatic rings. The van der Waals surface area contributed by atoms with Crippen LogP contribution in [0.15, 0.2) is 24.3 Å². The van der Waals surface area contributed by atoms with Gasteiger partial charge in [-0.05, 0) is 43.4 Å². The Kier molecular flexibility index (Phi) is 8.07. The van der Waals surface area contributed by atoms with Crippen LogP contribution in [0.5, 0.6) is 0 Å². The average Bonchev–Trinajstić information content (AvgIpc) is 2.62. The van der Waals surface area contributed by atoms with E-state index in [4.69, 9.17) is 10.5 Å². The van der Waals surface area contributed by atoms with Gasteiger partial charge in [0.15, 0.2) is 0 Å². The standard InChI is InChI=1S/C19H28N2O2S.ClH/c20-19(9-11-23-12-10-19)18(22)21-16-6-4-5-15(13-16)14-24-17-7-2-1-3-8-17;/h4-6,13,17H,1-3,7-12,14,20H2,(H,21,22);1H. The zero-order chi connectivity index (χ0) is 16.8. The molecule has 1 aliphatic carbocycles. The van der Waals surface area contributed by atoms with Gasteiger partial charge in [0.1, 0.15) is 5.54 Å². The average molecular weight is 385 g/mol. The third kappa shape index (κ3) is 5.88. The number of ether oxygens (including phenoxy) is 1. The van der Waals surface area contributed by atoms with Crippen molar-refractivity contribution in [2.24, 2.45) is 5.73 Å². The first kappa shape index (κ1) is 20.6. The fraction of sp³-hybridized carbons (Fsp3) is 0.632. The van der Waals surface area contributed by atoms with Gasteiger partial charge in [0.25, 0.3) is 0 Å². The summed E-state index contributed by atoms with van der Waals surface area (Å²) >= 11 is 2.05. The van der Waals surface area contributed by atoms with E-state index in [2.05, 4.69) is 29.2 Å². The number of nitrogens with two attached hydrogens (primary N) is 1. The molecule has 3 rings (SSSR count). The molecule has 140 valence electrons. The van der Waals surface area contributed by atoms with Crippen molar-refractivity contribution in [1.82, 2.24) is 0 Å². The van der Waals surface area contributed by atoms with Crippen molar-refractivity contribution < 1.29 is 9.53 Å². The summed E-state index contributed by atoms with van der Waals surface area (Å²) in [5, 5.41) is 3.80. The highest BCUT2D eigenvalue weighted by atomic mass is 35.5. The van der Waals surface area contributed by atoms with E-state index in [9.17, 15) is 4.79 Å². The first-order valence-corrected chi connectivity index (χ1v) is 10.1. The second-order valence-electron chi connectivity index (χ2n) is 6.99. The lowest BCUT2D eigenvalue weighted by atomic mass is 9.90. The van der Waals surface area contributed by atoms with Gasteiger partial charge >= 0.3 is 0 Å². The van der Waals surface area contributed by atoms with E-state index in [1.807, 2.05) is 12.1 Å². The number of benzene rings is 1. The number of thioether (sulfide) groups is 1. The van der Waals surface area contributed by atoms with E-state index in [0.717, 1.165) is 16.7 Å². The number of hydrogen-bond donors (Lipinski definition) is 2. The number of rotatable bonds is 5. The molecule has 1 heterocycles. The van der Waals surface area contributed by atoms with E-state index in [-0.39, 0.29) is 18.3 Å². The number of hydrogen-bond acceptors (Lipinski definition) is 4. The molecule has 1 saturated heterocycles. The number of anilines is 1. The van der Waals surface area contributed by atoms with Crippen LogP contribution in [-0.4, -0.2) is 29.9 Å². The Morgan fingerprint density at radius 2 is 1.96 bits per heavy atom. The Morgan fingerprint density at radius 1 is 1.24 bits per heavy atom. The summed E-state index contributed by atoms with van der Waals surface area (Å²) in [6, 6.07) is 8.17. The minimum Gasteiger partial charge on any atom is -0.381 e. The van der Waals surface area contributed by atoms with Crippen LogP contribution in [0.4, 0.5) is 5.69 Å². The smallest absolute Gasteiger partial charge is 0.244 e. The molecule has 1 aliphatic heterocycles. The highest BCUT2D eigenvalue weighted by molar-refractivity contribution is 7.99. The van der Waals surface area contributed by atoms with Gasteiger partial charge in [0, 0.05) is 29.9 Å². The van der Waals surface area contributed by atoms with E-state index < -0.39 is 5.54 Å². The van der Waals surface area contributed by atoms with Gasteiger partial charge in [-0.3, -0.25) is 4.79 Å². The molecule has 4 nitrogen and oxygen atoms in total. The monoisotopic (exact) mass is 384 g/mol. The highest BCUT2D eigenvalue weighted by Crippen LogP contribution is 2.31. The molecular formula is C19H29ClN2O2S. The Bertz CT molecular complexity index is 558. The van der Waals surface area contributed by atoms with Crippen LogP contribution in [0.3, 0.4) is 0 Å². The van der Waals surface area contributed by atoms with Crippen LogP contribution >= 0.6 is 24.2 Å². The molecule has 2 fully saturated rings. The lowest BCUT2D eigenvalue weighted by molar-refractivity contribution is -0.124. The summed E-state index contributed by atoms with van der Waals surface area (Å²) in [5.41, 5.74) is 7.56. The third-order valence-corrected chi connectivity index (χ3v) is 6.50. The SMILES string of the molecule is Cl.NC1(C(=O)Nc2cccc(CSC3CCCCC3)c2)CCOCC1. The third-order valence-electron chi connectivity index (χ3n) is 5.06. The molecule has 0 bridgehead atoms. The number of carbonyl (C=O) groups is 1. The molecule has 0 atom stereocenters. The number of nitrogens with one attached hydrogen (secondary N) is 1. The van der Waals surface area contributed by atoms with Gasteiger partial charge < -0.3 is 15.8 Å². The van der Waals surface area contributed by atoms with Gasteiger partial charge in [-0.25, -0.2) is 0 Å². The first-order chi connectivity index (χ1) is 11.7. The van der Waals surface area contributed by atoms with E-state index in [0.29, 0.717) is 26.1 Å². The summed E-state index contributed by atoms with van der Waals surface area (Å²) in [7, 11) is 0. The molecular weight excluding hydrogens is 356 g/mol. The van der Waals surface area contributed by atoms with Crippen molar-refractivity contribution in [1.29, 1.82) is 0 Å². The molecule has 6 heteroatoms. The van der Waals surface area contributed by atoms with Crippen molar-refractivity contribution in [2.75, 3.05) is 18.5 Å². The zero-order valence-electron chi connectivity index (χ0n) is 14.7. The maximum atomic E-state index is 12.5. The van der Waals surface area contributed by atoms with Gasteiger partial charge in [-0.1, -0.05) is 31.4 Å². The summed E-state index contributed by atoms with van der Waals surface area (Å²) in [4.78, 5) is 12.5. The van der Waals surface area contributed by atoms with Crippen LogP contribution in [0.2, 0.25) is 0 Å². The number of halogens is 1. The van der Waals surface area contributed by atoms with Gasteiger partial charge in [0.05, 0.1) is 0 Å². The van der Waals surface area contributed by atoms with Crippen molar-refractivity contribution in [3.63, 3.8) is 0 Å². The second-order valence-corrected chi connectivity index (χ2v) is 8.28. The van der Waals surface area contributed by atoms with Crippen molar-refractivity contribution >= 4 is 35.8 Å². The fourth-order valence-electron chi connectivity index (χ4n) is 3.40. The molecule has 0 spiro atoms. The lowest BCUT2D eigenvalue weighted by Gasteiger charge is -2.31. The molecule has 0 unspecified atom stereocenters. The van der Waals surface area contributed by atoms with Gasteiger partial charge in [-0.15, -0.1) is 12.4 Å². The van der Waals surface area contributed by atoms with E-state index in [1.54, 1.807) is 0 Å². The number of carbonyl (C=O) groups excluding carboxylic acids is 1. The first-order valence-electron chi connectivity index (χ1n) is 9.04. The second kappa shape index (κ2) is 9.81. The summed E-state index contributed by atoms with van der Waals surface area (Å²) in [5.74, 6) is 0.915. The van der Waals surface area contributed by atoms with Crippen LogP contribution < -0.4 is 11.1 Å². The Balaban J connectivity index is 0.00000225. The van der Waals surface area contributed by atoms with E-state index >= 15 is 0 Å². The minimum absolute atomic E-state index is 0. The topological polar surface area (TPSA) is 64.4 Å². The molecule has 1 amide bonds. The van der Waals surface area contributed by atoms with Crippen LogP contribution in [-0.2, 0) is 15.3 Å². The molecule has 0 aromatic heterocycles. The summed E-state index contributed by atoms with van der Waals surface area (Å²) < 4.78 is 5.31. The summed E-state index contributed by atoms with van der Waals surface area (Å²) in [6.07, 6.45) is 7.99. The zero-order valence-corrected chi connectivity index (χ0v) is 16.3. The quantitative estimate of drug-likeness (QED) is 0.801. The minimum atomic E-state index is -0.800. The predicted molar refractivity (Wildman–Crippen MR) is 107 cm³/mol. The van der Waals surface area contributed by atoms with Crippen molar-refractivity contribution in [3.8, 4) is 0 Å². The summed E-state index contributed by atoms with van der Waals surface area (Å²) in [6.45, 7) is 1.12. The molecule has 3 N–H and O–H groups in total. The maximum Gasteiger partial charge on any atom is 0.244 e. The Hall–Kier alpha value is -0.750. The lowest BCUT2D eigenvalue weighted by Crippen LogP contribution is -2.54. The van der Waals surface area contributed by atoms with Gasteiger partial charge in [0.2, 0.25) is 5.91 Å². The normalized spacial score (nSPS) is 20.5. The predicted octanol–water partition coefficient (Wildman–Crippen LogP) is 4.12. The van der Waals surface area contributed by atoms with Crippen LogP contribution in [0.25, 0.3) is 0 Å². The number of amides is 1. The highest BCUT2D eigenvalue weighted by Gasteiger charge is 2.35. The van der Waals surface area contributed by atoms with Crippen molar-refractivity contribution in [2.45, 2.75) is 61.5 Å². The van der Waals surface area contributed by atoms with E-state index in [1.165, 1.54) is 37.7 Å². The Labute approximate surface area is 161 Å². The van der Waals surface area contributed by atoms with Crippen LogP contribution in [0, 0.1) is 0 Å². The molecule has 0 radical (unpaired) electrons. The molecule has 2 aliphatic rings. The fourth-order valence-corrected chi connectivity index (χ4v) is 4.68. The maximum absolute atomic E-state index is 12.5. The molecule has 1 saturated carbocycles. The van der Waals surface area contributed by atoms with Gasteiger partial charge in [-0.2, -0.15) is 11.8 Å². The molecule has 1 aromatic carbocycles. The molecule has 25 heavy (non-hydrogen) atoms. The van der Waals surface area contributed by atoms with Crippen LogP contribution in [0.1, 0.15) is 50.5 Å². The largest absolute Gasteiger partial charge is 0.381 e. The Morgan fingerprint density at radius 3 is 2.68 bits per heavy atom.